The van der Waals surface area contributed by atoms with Gasteiger partial charge >= 0.3 is 0 Å². The second-order valence-electron chi connectivity index (χ2n) is 5.65. The molecule has 1 aromatic heterocycles. The molecule has 2 rings (SSSR count). The number of rotatable bonds is 3. The summed E-state index contributed by atoms with van der Waals surface area (Å²) in [5.41, 5.74) is 8.79. The summed E-state index contributed by atoms with van der Waals surface area (Å²) in [5, 5.41) is 4.51. The second kappa shape index (κ2) is 5.21. The fraction of sp³-hybridized carbons (Fsp3) is 0.786. The van der Waals surface area contributed by atoms with E-state index in [1.165, 1.54) is 30.7 Å². The van der Waals surface area contributed by atoms with E-state index in [4.69, 9.17) is 5.73 Å². The van der Waals surface area contributed by atoms with Gasteiger partial charge in [0.1, 0.15) is 0 Å². The van der Waals surface area contributed by atoms with Crippen LogP contribution < -0.4 is 5.73 Å². The molecule has 3 unspecified atom stereocenters. The molecule has 3 nitrogen and oxygen atoms in total. The lowest BCUT2D eigenvalue weighted by Gasteiger charge is -2.32. The molecule has 3 atom stereocenters. The first-order chi connectivity index (χ1) is 8.10. The highest BCUT2D eigenvalue weighted by atomic mass is 15.3. The molecule has 0 saturated heterocycles. The van der Waals surface area contributed by atoms with Crippen LogP contribution in [-0.4, -0.2) is 15.8 Å². The predicted octanol–water partition coefficient (Wildman–Crippen LogP) is 2.29. The van der Waals surface area contributed by atoms with E-state index >= 15 is 0 Å². The molecule has 0 bridgehead atoms. The van der Waals surface area contributed by atoms with Crippen molar-refractivity contribution in [1.29, 1.82) is 0 Å². The van der Waals surface area contributed by atoms with Gasteiger partial charge in [-0.3, -0.25) is 4.68 Å². The molecule has 1 aliphatic rings. The minimum atomic E-state index is 0.381. The summed E-state index contributed by atoms with van der Waals surface area (Å²) in [6.45, 7) is 4.50. The number of aromatic nitrogens is 2. The lowest BCUT2D eigenvalue weighted by molar-refractivity contribution is 0.242. The first kappa shape index (κ1) is 12.6. The fourth-order valence-corrected chi connectivity index (χ4v) is 2.96. The van der Waals surface area contributed by atoms with Crippen LogP contribution >= 0.6 is 0 Å². The normalized spacial score (nSPS) is 29.5. The molecule has 1 aromatic rings. The van der Waals surface area contributed by atoms with Gasteiger partial charge < -0.3 is 5.73 Å². The third-order valence-corrected chi connectivity index (χ3v) is 4.16. The lowest BCUT2D eigenvalue weighted by atomic mass is 9.77. The zero-order chi connectivity index (χ0) is 12.4. The summed E-state index contributed by atoms with van der Waals surface area (Å²) in [4.78, 5) is 0. The summed E-state index contributed by atoms with van der Waals surface area (Å²) in [7, 11) is 2.05. The monoisotopic (exact) mass is 235 g/mol. The van der Waals surface area contributed by atoms with E-state index in [9.17, 15) is 0 Å². The Labute approximate surface area is 104 Å². The summed E-state index contributed by atoms with van der Waals surface area (Å²) in [6, 6.07) is 2.62. The third-order valence-electron chi connectivity index (χ3n) is 4.16. The van der Waals surface area contributed by atoms with E-state index in [0.717, 1.165) is 18.8 Å². The SMILES string of the molecule is CCc1cc(CC2CC(C)CCC2N)n(C)n1. The second-order valence-corrected chi connectivity index (χ2v) is 5.65. The standard InChI is InChI=1S/C14H25N3/c1-4-12-9-13(17(3)16-12)8-11-7-10(2)5-6-14(11)15/h9-11,14H,4-8,15H2,1-3H3. The van der Waals surface area contributed by atoms with Crippen LogP contribution in [0.25, 0.3) is 0 Å². The molecule has 2 N–H and O–H groups in total. The highest BCUT2D eigenvalue weighted by Gasteiger charge is 2.26. The van der Waals surface area contributed by atoms with Gasteiger partial charge in [0.15, 0.2) is 0 Å². The zero-order valence-corrected chi connectivity index (χ0v) is 11.3. The van der Waals surface area contributed by atoms with Crippen LogP contribution in [0.5, 0.6) is 0 Å². The van der Waals surface area contributed by atoms with Crippen molar-refractivity contribution in [2.24, 2.45) is 24.6 Å². The summed E-state index contributed by atoms with van der Waals surface area (Å²) < 4.78 is 2.03. The topological polar surface area (TPSA) is 43.8 Å². The van der Waals surface area contributed by atoms with Gasteiger partial charge in [-0.25, -0.2) is 0 Å². The molecule has 1 aliphatic carbocycles. The maximum Gasteiger partial charge on any atom is 0.0624 e. The molecule has 1 fully saturated rings. The van der Waals surface area contributed by atoms with E-state index < -0.39 is 0 Å². The van der Waals surface area contributed by atoms with Crippen LogP contribution in [0.1, 0.15) is 44.5 Å². The Morgan fingerprint density at radius 1 is 1.47 bits per heavy atom. The van der Waals surface area contributed by atoms with E-state index in [2.05, 4.69) is 25.0 Å². The van der Waals surface area contributed by atoms with Crippen molar-refractivity contribution in [3.05, 3.63) is 17.5 Å². The Morgan fingerprint density at radius 2 is 2.24 bits per heavy atom. The predicted molar refractivity (Wildman–Crippen MR) is 70.8 cm³/mol. The Bertz CT molecular complexity index is 370. The molecule has 96 valence electrons. The van der Waals surface area contributed by atoms with Crippen molar-refractivity contribution >= 4 is 0 Å². The number of aryl methyl sites for hydroxylation is 2. The Hall–Kier alpha value is -0.830. The van der Waals surface area contributed by atoms with E-state index in [0.29, 0.717) is 12.0 Å². The van der Waals surface area contributed by atoms with Crippen molar-refractivity contribution in [3.8, 4) is 0 Å². The minimum Gasteiger partial charge on any atom is -0.327 e. The van der Waals surface area contributed by atoms with Gasteiger partial charge in [0.25, 0.3) is 0 Å². The molecule has 0 aliphatic heterocycles. The van der Waals surface area contributed by atoms with Crippen molar-refractivity contribution in [2.45, 2.75) is 52.0 Å². The molecule has 1 saturated carbocycles. The third kappa shape index (κ3) is 2.89. The minimum absolute atomic E-state index is 0.381. The maximum atomic E-state index is 6.25. The molecule has 0 aromatic carbocycles. The lowest BCUT2D eigenvalue weighted by Crippen LogP contribution is -2.37. The summed E-state index contributed by atoms with van der Waals surface area (Å²) >= 11 is 0. The smallest absolute Gasteiger partial charge is 0.0624 e. The molecule has 0 amide bonds. The van der Waals surface area contributed by atoms with Crippen molar-refractivity contribution in [2.75, 3.05) is 0 Å². The van der Waals surface area contributed by atoms with Gasteiger partial charge in [0, 0.05) is 18.8 Å². The van der Waals surface area contributed by atoms with Crippen LogP contribution in [0.15, 0.2) is 6.07 Å². The Kier molecular flexibility index (Phi) is 3.87. The average Bonchev–Trinajstić information content (AvgIpc) is 2.65. The van der Waals surface area contributed by atoms with Gasteiger partial charge in [-0.1, -0.05) is 13.8 Å². The van der Waals surface area contributed by atoms with Crippen LogP contribution in [0.3, 0.4) is 0 Å². The molecule has 1 heterocycles. The molecule has 0 radical (unpaired) electrons. The Morgan fingerprint density at radius 3 is 2.88 bits per heavy atom. The number of nitrogens with zero attached hydrogens (tertiary/aromatic N) is 2. The molecular formula is C14H25N3. The molecular weight excluding hydrogens is 210 g/mol. The number of hydrogen-bond acceptors (Lipinski definition) is 2. The zero-order valence-electron chi connectivity index (χ0n) is 11.3. The molecule has 3 heteroatoms. The number of nitrogens with two attached hydrogens (primary N) is 1. The van der Waals surface area contributed by atoms with E-state index in [-0.39, 0.29) is 0 Å². The van der Waals surface area contributed by atoms with E-state index in [1.807, 2.05) is 11.7 Å². The maximum absolute atomic E-state index is 6.25. The van der Waals surface area contributed by atoms with Crippen molar-refractivity contribution < 1.29 is 0 Å². The van der Waals surface area contributed by atoms with Crippen LogP contribution in [0.4, 0.5) is 0 Å². The first-order valence-electron chi connectivity index (χ1n) is 6.87. The highest BCUT2D eigenvalue weighted by molar-refractivity contribution is 5.11. The van der Waals surface area contributed by atoms with Gasteiger partial charge in [-0.15, -0.1) is 0 Å². The first-order valence-corrected chi connectivity index (χ1v) is 6.87. The highest BCUT2D eigenvalue weighted by Crippen LogP contribution is 2.30. The van der Waals surface area contributed by atoms with Gasteiger partial charge in [-0.05, 0) is 50.0 Å². The van der Waals surface area contributed by atoms with Crippen LogP contribution in [0.2, 0.25) is 0 Å². The van der Waals surface area contributed by atoms with Crippen molar-refractivity contribution in [3.63, 3.8) is 0 Å². The largest absolute Gasteiger partial charge is 0.327 e. The van der Waals surface area contributed by atoms with Crippen molar-refractivity contribution in [1.82, 2.24) is 9.78 Å². The van der Waals surface area contributed by atoms with Gasteiger partial charge in [0.2, 0.25) is 0 Å². The summed E-state index contributed by atoms with van der Waals surface area (Å²) in [6.07, 6.45) is 5.86. The Balaban J connectivity index is 2.05. The van der Waals surface area contributed by atoms with Crippen LogP contribution in [-0.2, 0) is 19.9 Å². The van der Waals surface area contributed by atoms with E-state index in [1.54, 1.807) is 0 Å². The average molecular weight is 235 g/mol. The molecule has 17 heavy (non-hydrogen) atoms. The van der Waals surface area contributed by atoms with Gasteiger partial charge in [-0.2, -0.15) is 5.10 Å². The number of hydrogen-bond donors (Lipinski definition) is 1. The van der Waals surface area contributed by atoms with Gasteiger partial charge in [0.05, 0.1) is 5.69 Å². The fourth-order valence-electron chi connectivity index (χ4n) is 2.96. The molecule has 0 spiro atoms. The summed E-state index contributed by atoms with van der Waals surface area (Å²) in [5.74, 6) is 1.47. The quantitative estimate of drug-likeness (QED) is 0.873. The van der Waals surface area contributed by atoms with Crippen LogP contribution in [0, 0.1) is 11.8 Å².